The van der Waals surface area contributed by atoms with Gasteiger partial charge in [-0.15, -0.1) is 0 Å². The first-order valence-corrected chi connectivity index (χ1v) is 5.50. The lowest BCUT2D eigenvalue weighted by atomic mass is 9.85. The highest BCUT2D eigenvalue weighted by Gasteiger charge is 2.28. The van der Waals surface area contributed by atoms with Crippen LogP contribution in [0.25, 0.3) is 0 Å². The van der Waals surface area contributed by atoms with Crippen molar-refractivity contribution < 1.29 is 4.79 Å². The quantitative estimate of drug-likeness (QED) is 0.499. The van der Waals surface area contributed by atoms with Crippen LogP contribution >= 0.6 is 11.6 Å². The third-order valence-electron chi connectivity index (χ3n) is 3.03. The fourth-order valence-corrected chi connectivity index (χ4v) is 2.49. The number of hydrogen-bond acceptors (Lipinski definition) is 1. The molecular weight excluding hydrogens is 186 g/mol. The Kier molecular flexibility index (Phi) is 4.04. The lowest BCUT2D eigenvalue weighted by Gasteiger charge is -2.36. The van der Waals surface area contributed by atoms with Gasteiger partial charge in [-0.3, -0.25) is 4.79 Å². The normalized spacial score (nSPS) is 28.5. The summed E-state index contributed by atoms with van der Waals surface area (Å²) in [4.78, 5) is 12.9. The molecule has 76 valence electrons. The zero-order valence-electron chi connectivity index (χ0n) is 8.42. The molecule has 0 saturated heterocycles. The Morgan fingerprint density at radius 1 is 1.46 bits per heavy atom. The fourth-order valence-electron chi connectivity index (χ4n) is 2.25. The molecular formula is C10H18ClNO. The van der Waals surface area contributed by atoms with Crippen molar-refractivity contribution in [3.05, 3.63) is 0 Å². The standard InChI is InChI=1S/C10H18ClNO/c1-3-12(10(11)13)9-7-5-4-6-8(9)2/h8-9H,3-7H2,1-2H3. The summed E-state index contributed by atoms with van der Waals surface area (Å²) in [5.74, 6) is 0.608. The predicted octanol–water partition coefficient (Wildman–Crippen LogP) is 3.25. The van der Waals surface area contributed by atoms with Crippen LogP contribution in [0.5, 0.6) is 0 Å². The van der Waals surface area contributed by atoms with Gasteiger partial charge in [-0.2, -0.15) is 0 Å². The van der Waals surface area contributed by atoms with E-state index in [4.69, 9.17) is 11.6 Å². The molecule has 0 N–H and O–H groups in total. The van der Waals surface area contributed by atoms with Gasteiger partial charge < -0.3 is 4.90 Å². The first kappa shape index (κ1) is 10.8. The Morgan fingerprint density at radius 2 is 2.08 bits per heavy atom. The van der Waals surface area contributed by atoms with E-state index in [0.717, 1.165) is 13.0 Å². The maximum absolute atomic E-state index is 11.1. The predicted molar refractivity (Wildman–Crippen MR) is 55.0 cm³/mol. The summed E-state index contributed by atoms with van der Waals surface area (Å²) in [5, 5.41) is -0.291. The van der Waals surface area contributed by atoms with E-state index < -0.39 is 0 Å². The summed E-state index contributed by atoms with van der Waals surface area (Å²) >= 11 is 5.53. The second-order valence-electron chi connectivity index (χ2n) is 3.87. The molecule has 0 aromatic carbocycles. The van der Waals surface area contributed by atoms with Crippen molar-refractivity contribution in [3.63, 3.8) is 0 Å². The van der Waals surface area contributed by atoms with E-state index in [9.17, 15) is 4.79 Å². The van der Waals surface area contributed by atoms with Crippen LogP contribution in [0.4, 0.5) is 4.79 Å². The van der Waals surface area contributed by atoms with E-state index in [1.165, 1.54) is 19.3 Å². The second kappa shape index (κ2) is 4.85. The number of halogens is 1. The zero-order chi connectivity index (χ0) is 9.84. The van der Waals surface area contributed by atoms with Crippen LogP contribution in [0.15, 0.2) is 0 Å². The van der Waals surface area contributed by atoms with Crippen LogP contribution in [0.1, 0.15) is 39.5 Å². The smallest absolute Gasteiger partial charge is 0.316 e. The van der Waals surface area contributed by atoms with E-state index in [1.54, 1.807) is 4.90 Å². The Labute approximate surface area is 85.2 Å². The van der Waals surface area contributed by atoms with Crippen molar-refractivity contribution >= 4 is 17.0 Å². The molecule has 0 spiro atoms. The summed E-state index contributed by atoms with van der Waals surface area (Å²) in [6, 6.07) is 0.378. The van der Waals surface area contributed by atoms with Crippen molar-refractivity contribution in [1.29, 1.82) is 0 Å². The van der Waals surface area contributed by atoms with E-state index in [2.05, 4.69) is 6.92 Å². The molecule has 0 aliphatic heterocycles. The van der Waals surface area contributed by atoms with Gasteiger partial charge >= 0.3 is 5.37 Å². The van der Waals surface area contributed by atoms with Crippen LogP contribution < -0.4 is 0 Å². The average molecular weight is 204 g/mol. The largest absolute Gasteiger partial charge is 0.326 e. The molecule has 0 radical (unpaired) electrons. The second-order valence-corrected chi connectivity index (χ2v) is 4.19. The van der Waals surface area contributed by atoms with Crippen LogP contribution in [0.2, 0.25) is 0 Å². The minimum atomic E-state index is -0.291. The number of hydrogen-bond donors (Lipinski definition) is 0. The fraction of sp³-hybridized carbons (Fsp3) is 0.900. The third-order valence-corrected chi connectivity index (χ3v) is 3.25. The van der Waals surface area contributed by atoms with Gasteiger partial charge in [0.1, 0.15) is 0 Å². The Balaban J connectivity index is 2.60. The highest BCUT2D eigenvalue weighted by Crippen LogP contribution is 2.28. The van der Waals surface area contributed by atoms with Gasteiger partial charge in [0.05, 0.1) is 0 Å². The molecule has 0 heterocycles. The molecule has 1 fully saturated rings. The van der Waals surface area contributed by atoms with Gasteiger partial charge in [0.15, 0.2) is 0 Å². The van der Waals surface area contributed by atoms with Gasteiger partial charge in [0.2, 0.25) is 0 Å². The number of rotatable bonds is 2. The Bertz CT molecular complexity index is 184. The Hall–Kier alpha value is -0.240. The molecule has 0 aromatic heterocycles. The lowest BCUT2D eigenvalue weighted by Crippen LogP contribution is -2.42. The van der Waals surface area contributed by atoms with Crippen molar-refractivity contribution in [2.24, 2.45) is 5.92 Å². The van der Waals surface area contributed by atoms with E-state index >= 15 is 0 Å². The first-order chi connectivity index (χ1) is 6.16. The molecule has 1 aliphatic rings. The van der Waals surface area contributed by atoms with Gasteiger partial charge in [0.25, 0.3) is 0 Å². The van der Waals surface area contributed by atoms with Crippen molar-refractivity contribution in [3.8, 4) is 0 Å². The highest BCUT2D eigenvalue weighted by molar-refractivity contribution is 6.62. The monoisotopic (exact) mass is 203 g/mol. The molecule has 1 saturated carbocycles. The number of amides is 1. The van der Waals surface area contributed by atoms with E-state index in [1.807, 2.05) is 6.92 Å². The van der Waals surface area contributed by atoms with E-state index in [0.29, 0.717) is 12.0 Å². The molecule has 1 amide bonds. The average Bonchev–Trinajstić information content (AvgIpc) is 2.09. The maximum Gasteiger partial charge on any atom is 0.316 e. The van der Waals surface area contributed by atoms with Crippen molar-refractivity contribution in [2.75, 3.05) is 6.54 Å². The summed E-state index contributed by atoms with van der Waals surface area (Å²) in [5.41, 5.74) is 0. The van der Waals surface area contributed by atoms with Gasteiger partial charge in [0, 0.05) is 12.6 Å². The SMILES string of the molecule is CCN(C(=O)Cl)C1CCCCC1C. The van der Waals surface area contributed by atoms with Gasteiger partial charge in [-0.1, -0.05) is 19.8 Å². The van der Waals surface area contributed by atoms with Gasteiger partial charge in [-0.25, -0.2) is 0 Å². The molecule has 1 rings (SSSR count). The maximum atomic E-state index is 11.1. The van der Waals surface area contributed by atoms with Crippen LogP contribution in [-0.2, 0) is 0 Å². The molecule has 2 atom stereocenters. The molecule has 1 aliphatic carbocycles. The molecule has 13 heavy (non-hydrogen) atoms. The minimum absolute atomic E-state index is 0.291. The van der Waals surface area contributed by atoms with Crippen LogP contribution in [0.3, 0.4) is 0 Å². The zero-order valence-corrected chi connectivity index (χ0v) is 9.18. The van der Waals surface area contributed by atoms with Crippen molar-refractivity contribution in [1.82, 2.24) is 4.90 Å². The summed E-state index contributed by atoms with van der Waals surface area (Å²) in [7, 11) is 0. The Morgan fingerprint density at radius 3 is 2.54 bits per heavy atom. The number of carbonyl (C=O) groups excluding carboxylic acids is 1. The number of nitrogens with zero attached hydrogens (tertiary/aromatic N) is 1. The van der Waals surface area contributed by atoms with Gasteiger partial charge in [-0.05, 0) is 37.3 Å². The third kappa shape index (κ3) is 2.60. The number of carbonyl (C=O) groups is 1. The molecule has 0 aromatic rings. The highest BCUT2D eigenvalue weighted by atomic mass is 35.5. The lowest BCUT2D eigenvalue weighted by molar-refractivity contribution is 0.147. The summed E-state index contributed by atoms with van der Waals surface area (Å²) in [6.45, 7) is 4.94. The van der Waals surface area contributed by atoms with Crippen LogP contribution in [-0.4, -0.2) is 22.9 Å². The van der Waals surface area contributed by atoms with Crippen molar-refractivity contribution in [2.45, 2.75) is 45.6 Å². The topological polar surface area (TPSA) is 20.3 Å². The molecule has 2 nitrogen and oxygen atoms in total. The van der Waals surface area contributed by atoms with Crippen LogP contribution in [0, 0.1) is 5.92 Å². The summed E-state index contributed by atoms with van der Waals surface area (Å²) < 4.78 is 0. The summed E-state index contributed by atoms with van der Waals surface area (Å²) in [6.07, 6.45) is 4.88. The molecule has 0 bridgehead atoms. The van der Waals surface area contributed by atoms with E-state index in [-0.39, 0.29) is 5.37 Å². The molecule has 2 unspecified atom stereocenters. The molecule has 3 heteroatoms. The minimum Gasteiger partial charge on any atom is -0.326 e. The first-order valence-electron chi connectivity index (χ1n) is 5.13.